The second-order valence-corrected chi connectivity index (χ2v) is 4.71. The van der Waals surface area contributed by atoms with E-state index in [0.717, 1.165) is 5.57 Å². The van der Waals surface area contributed by atoms with Gasteiger partial charge >= 0.3 is 5.69 Å². The van der Waals surface area contributed by atoms with E-state index in [4.69, 9.17) is 9.15 Å². The van der Waals surface area contributed by atoms with Crippen LogP contribution in [0.3, 0.4) is 0 Å². The van der Waals surface area contributed by atoms with Crippen molar-refractivity contribution in [1.82, 2.24) is 5.43 Å². The van der Waals surface area contributed by atoms with Crippen LogP contribution in [0.25, 0.3) is 6.08 Å². The summed E-state index contributed by atoms with van der Waals surface area (Å²) in [5, 5.41) is 14.6. The molecule has 1 N–H and O–H groups in total. The number of carbonyl (C=O) groups excluding carboxylic acids is 1. The van der Waals surface area contributed by atoms with Crippen LogP contribution < -0.4 is 10.2 Å². The maximum Gasteiger partial charge on any atom is 0.310 e. The molecule has 1 amide bonds. The van der Waals surface area contributed by atoms with Crippen LogP contribution in [0.2, 0.25) is 0 Å². The van der Waals surface area contributed by atoms with E-state index in [1.54, 1.807) is 37.5 Å². The Morgan fingerprint density at radius 3 is 2.88 bits per heavy atom. The largest absolute Gasteiger partial charge is 0.477 e. The third-order valence-electron chi connectivity index (χ3n) is 2.79. The van der Waals surface area contributed by atoms with E-state index in [-0.39, 0.29) is 18.0 Å². The van der Waals surface area contributed by atoms with Gasteiger partial charge in [-0.25, -0.2) is 5.43 Å². The van der Waals surface area contributed by atoms with Crippen LogP contribution in [0.4, 0.5) is 5.69 Å². The van der Waals surface area contributed by atoms with E-state index in [1.165, 1.54) is 24.4 Å². The van der Waals surface area contributed by atoms with Crippen LogP contribution in [-0.2, 0) is 4.79 Å². The summed E-state index contributed by atoms with van der Waals surface area (Å²) in [6, 6.07) is 9.37. The minimum atomic E-state index is -0.575. The van der Waals surface area contributed by atoms with Gasteiger partial charge in [0.15, 0.2) is 12.4 Å². The number of nitrogens with one attached hydrogen (secondary N) is 1. The maximum absolute atomic E-state index is 11.6. The van der Waals surface area contributed by atoms with Gasteiger partial charge in [0.2, 0.25) is 0 Å². The fraction of sp³-hybridized carbons (Fsp3) is 0.125. The van der Waals surface area contributed by atoms with E-state index in [9.17, 15) is 14.9 Å². The Morgan fingerprint density at radius 1 is 1.38 bits per heavy atom. The predicted molar refractivity (Wildman–Crippen MR) is 87.6 cm³/mol. The SMILES string of the molecule is CC(/C=N\NC(=O)COc1ccccc1[N+](=O)[O-])=C\c1ccco1. The number of benzene rings is 1. The van der Waals surface area contributed by atoms with Crippen molar-refractivity contribution in [2.45, 2.75) is 6.92 Å². The molecule has 0 radical (unpaired) electrons. The van der Waals surface area contributed by atoms with E-state index in [2.05, 4.69) is 10.5 Å². The molecule has 1 aromatic carbocycles. The van der Waals surface area contributed by atoms with E-state index >= 15 is 0 Å². The summed E-state index contributed by atoms with van der Waals surface area (Å²) in [6.07, 6.45) is 4.75. The van der Waals surface area contributed by atoms with Crippen molar-refractivity contribution in [3.63, 3.8) is 0 Å². The molecule has 1 heterocycles. The summed E-state index contributed by atoms with van der Waals surface area (Å²) in [7, 11) is 0. The number of para-hydroxylation sites is 2. The molecule has 0 bridgehead atoms. The Labute approximate surface area is 137 Å². The van der Waals surface area contributed by atoms with Crippen molar-refractivity contribution < 1.29 is 18.9 Å². The molecular weight excluding hydrogens is 314 g/mol. The molecule has 0 saturated carbocycles. The minimum absolute atomic E-state index is 0.0236. The molecule has 24 heavy (non-hydrogen) atoms. The summed E-state index contributed by atoms with van der Waals surface area (Å²) < 4.78 is 10.3. The first-order valence-electron chi connectivity index (χ1n) is 6.96. The quantitative estimate of drug-likeness (QED) is 0.477. The van der Waals surface area contributed by atoms with Gasteiger partial charge in [-0.3, -0.25) is 14.9 Å². The number of amides is 1. The normalized spacial score (nSPS) is 11.5. The number of ether oxygens (including phenoxy) is 1. The zero-order chi connectivity index (χ0) is 17.4. The lowest BCUT2D eigenvalue weighted by Crippen LogP contribution is -2.24. The molecule has 0 saturated heterocycles. The summed E-state index contributed by atoms with van der Waals surface area (Å²) in [4.78, 5) is 21.9. The number of allylic oxidation sites excluding steroid dienone is 1. The van der Waals surface area contributed by atoms with E-state index in [0.29, 0.717) is 5.76 Å². The van der Waals surface area contributed by atoms with Gasteiger partial charge < -0.3 is 9.15 Å². The molecule has 0 unspecified atom stereocenters. The lowest BCUT2D eigenvalue weighted by atomic mass is 10.3. The van der Waals surface area contributed by atoms with Gasteiger partial charge in [0.05, 0.1) is 17.4 Å². The maximum atomic E-state index is 11.6. The highest BCUT2D eigenvalue weighted by molar-refractivity contribution is 5.85. The van der Waals surface area contributed by atoms with Crippen LogP contribution in [0.15, 0.2) is 57.8 Å². The smallest absolute Gasteiger partial charge is 0.310 e. The van der Waals surface area contributed by atoms with Gasteiger partial charge in [-0.2, -0.15) is 5.10 Å². The first-order valence-corrected chi connectivity index (χ1v) is 6.96. The van der Waals surface area contributed by atoms with Crippen molar-refractivity contribution in [2.24, 2.45) is 5.10 Å². The second kappa shape index (κ2) is 8.28. The summed E-state index contributed by atoms with van der Waals surface area (Å²) >= 11 is 0. The Balaban J connectivity index is 1.84. The van der Waals surface area contributed by atoms with Gasteiger partial charge in [0.25, 0.3) is 5.91 Å². The summed E-state index contributed by atoms with van der Waals surface area (Å²) in [6.45, 7) is 1.41. The number of rotatable bonds is 7. The first-order chi connectivity index (χ1) is 11.6. The number of carbonyl (C=O) groups is 1. The van der Waals surface area contributed by atoms with Crippen molar-refractivity contribution in [1.29, 1.82) is 0 Å². The molecule has 0 aliphatic heterocycles. The molecule has 8 heteroatoms. The number of nitro benzene ring substituents is 1. The van der Waals surface area contributed by atoms with Gasteiger partial charge in [0.1, 0.15) is 5.76 Å². The zero-order valence-electron chi connectivity index (χ0n) is 12.8. The van der Waals surface area contributed by atoms with Crippen LogP contribution >= 0.6 is 0 Å². The Hall–Kier alpha value is -3.42. The predicted octanol–water partition coefficient (Wildman–Crippen LogP) is 2.77. The number of nitrogens with zero attached hydrogens (tertiary/aromatic N) is 2. The Morgan fingerprint density at radius 2 is 2.17 bits per heavy atom. The Bertz CT molecular complexity index is 766. The van der Waals surface area contributed by atoms with E-state index < -0.39 is 10.8 Å². The number of hydrazone groups is 1. The number of hydrogen-bond acceptors (Lipinski definition) is 6. The lowest BCUT2D eigenvalue weighted by molar-refractivity contribution is -0.385. The third-order valence-corrected chi connectivity index (χ3v) is 2.79. The van der Waals surface area contributed by atoms with Crippen molar-refractivity contribution in [2.75, 3.05) is 6.61 Å². The third kappa shape index (κ3) is 5.09. The average Bonchev–Trinajstić information content (AvgIpc) is 3.06. The highest BCUT2D eigenvalue weighted by Gasteiger charge is 2.14. The molecule has 0 fully saturated rings. The fourth-order valence-electron chi connectivity index (χ4n) is 1.75. The highest BCUT2D eigenvalue weighted by atomic mass is 16.6. The van der Waals surface area contributed by atoms with Gasteiger partial charge in [0, 0.05) is 6.07 Å². The number of nitro groups is 1. The number of furan rings is 1. The molecule has 0 aliphatic carbocycles. The topological polar surface area (TPSA) is 107 Å². The molecule has 0 aliphatic rings. The molecule has 2 aromatic rings. The van der Waals surface area contributed by atoms with Crippen molar-refractivity contribution in [3.8, 4) is 5.75 Å². The van der Waals surface area contributed by atoms with Crippen molar-refractivity contribution in [3.05, 3.63) is 64.1 Å². The zero-order valence-corrected chi connectivity index (χ0v) is 12.8. The van der Waals surface area contributed by atoms with Crippen molar-refractivity contribution >= 4 is 23.9 Å². The van der Waals surface area contributed by atoms with Crippen LogP contribution in [-0.4, -0.2) is 23.7 Å². The molecule has 0 atom stereocenters. The molecule has 0 spiro atoms. The summed E-state index contributed by atoms with van der Waals surface area (Å²) in [5.41, 5.74) is 2.84. The average molecular weight is 329 g/mol. The van der Waals surface area contributed by atoms with Crippen LogP contribution in [0, 0.1) is 10.1 Å². The standard InChI is InChI=1S/C16H15N3O5/c1-12(9-13-5-4-8-23-13)10-17-18-16(20)11-24-15-7-3-2-6-14(15)19(21)22/h2-10H,11H2,1H3,(H,18,20)/b12-9+,17-10-. The Kier molecular flexibility index (Phi) is 5.84. The van der Waals surface area contributed by atoms with Gasteiger partial charge in [-0.05, 0) is 36.8 Å². The number of hydrogen-bond donors (Lipinski definition) is 1. The molecule has 8 nitrogen and oxygen atoms in total. The molecular formula is C16H15N3O5. The van der Waals surface area contributed by atoms with Gasteiger partial charge in [-0.15, -0.1) is 0 Å². The minimum Gasteiger partial charge on any atom is -0.477 e. The highest BCUT2D eigenvalue weighted by Crippen LogP contribution is 2.25. The van der Waals surface area contributed by atoms with Crippen LogP contribution in [0.5, 0.6) is 5.75 Å². The van der Waals surface area contributed by atoms with Gasteiger partial charge in [-0.1, -0.05) is 12.1 Å². The second-order valence-electron chi connectivity index (χ2n) is 4.71. The lowest BCUT2D eigenvalue weighted by Gasteiger charge is -2.05. The molecule has 1 aromatic heterocycles. The van der Waals surface area contributed by atoms with Crippen LogP contribution in [0.1, 0.15) is 12.7 Å². The fourth-order valence-corrected chi connectivity index (χ4v) is 1.75. The molecule has 124 valence electrons. The monoisotopic (exact) mass is 329 g/mol. The summed E-state index contributed by atoms with van der Waals surface area (Å²) in [5.74, 6) is 0.163. The first kappa shape index (κ1) is 16.9. The molecule has 2 rings (SSSR count). The van der Waals surface area contributed by atoms with E-state index in [1.807, 2.05) is 0 Å².